The molecule has 70 heavy (non-hydrogen) atoms. The average Bonchev–Trinajstić information content (AvgIpc) is 3.56. The Hall–Kier alpha value is -6.43. The van der Waals surface area contributed by atoms with Gasteiger partial charge in [0.05, 0.1) is 9.79 Å². The largest absolute Gasteiger partial charge is 0.455 e. The summed E-state index contributed by atoms with van der Waals surface area (Å²) in [6, 6.07) is 56.1. The summed E-state index contributed by atoms with van der Waals surface area (Å²) in [6.45, 7) is 26.1. The number of ether oxygens (including phenoxy) is 1. The zero-order chi connectivity index (χ0) is 48.4. The first-order chi connectivity index (χ1) is 33.4. The molecule has 0 radical (unpaired) electrons. The molecule has 346 valence electrons. The van der Waals surface area contributed by atoms with Gasteiger partial charge in [0, 0.05) is 45.0 Å². The quantitative estimate of drug-likeness (QED) is 0.164. The molecule has 8 aromatic rings. The van der Waals surface area contributed by atoms with Crippen molar-refractivity contribution in [3.05, 3.63) is 185 Å². The minimum absolute atomic E-state index is 0.0390. The lowest BCUT2D eigenvalue weighted by atomic mass is 9.43. The van der Waals surface area contributed by atoms with Gasteiger partial charge >= 0.3 is 6.85 Å². The van der Waals surface area contributed by atoms with Crippen LogP contribution in [0.15, 0.2) is 155 Å². The average molecular weight is 929 g/mol. The van der Waals surface area contributed by atoms with E-state index in [0.717, 1.165) is 27.7 Å². The van der Waals surface area contributed by atoms with E-state index in [-0.39, 0.29) is 28.5 Å². The first-order valence-corrected chi connectivity index (χ1v) is 26.2. The van der Waals surface area contributed by atoms with Crippen molar-refractivity contribution in [2.75, 3.05) is 9.71 Å². The van der Waals surface area contributed by atoms with E-state index in [9.17, 15) is 0 Å². The van der Waals surface area contributed by atoms with Crippen molar-refractivity contribution in [2.45, 2.75) is 120 Å². The molecule has 5 aliphatic rings. The van der Waals surface area contributed by atoms with Gasteiger partial charge in [-0.2, -0.15) is 0 Å². The topological polar surface area (TPSA) is 15.7 Å². The van der Waals surface area contributed by atoms with Crippen LogP contribution in [0.1, 0.15) is 114 Å². The number of hydrogen-bond acceptors (Lipinski definition) is 4. The molecule has 0 unspecified atom stereocenters. The van der Waals surface area contributed by atoms with Crippen molar-refractivity contribution in [3.63, 3.8) is 0 Å². The van der Waals surface area contributed by atoms with Gasteiger partial charge < -0.3 is 14.4 Å². The van der Waals surface area contributed by atoms with Crippen LogP contribution in [0.4, 0.5) is 28.4 Å². The molecule has 2 aliphatic carbocycles. The van der Waals surface area contributed by atoms with Gasteiger partial charge in [-0.25, -0.2) is 0 Å². The summed E-state index contributed by atoms with van der Waals surface area (Å²) in [4.78, 5) is 7.66. The second kappa shape index (κ2) is 14.8. The van der Waals surface area contributed by atoms with Crippen LogP contribution in [0.5, 0.6) is 11.5 Å². The number of para-hydroxylation sites is 1. The highest BCUT2D eigenvalue weighted by Gasteiger charge is 2.49. The molecule has 0 aromatic heterocycles. The Bertz CT molecular complexity index is 3560. The molecule has 3 aliphatic heterocycles. The summed E-state index contributed by atoms with van der Waals surface area (Å²) in [5, 5.41) is 0. The maximum absolute atomic E-state index is 7.00. The molecule has 5 heteroatoms. The van der Waals surface area contributed by atoms with E-state index in [2.05, 4.69) is 231 Å². The summed E-state index contributed by atoms with van der Waals surface area (Å²) in [5.41, 5.74) is 25.9. The number of rotatable bonds is 3. The van der Waals surface area contributed by atoms with Crippen molar-refractivity contribution in [1.82, 2.24) is 0 Å². The summed E-state index contributed by atoms with van der Waals surface area (Å²) in [6.07, 6.45) is 2.34. The molecule has 3 heterocycles. The van der Waals surface area contributed by atoms with Crippen molar-refractivity contribution in [1.29, 1.82) is 0 Å². The Morgan fingerprint density at radius 3 is 2.00 bits per heavy atom. The third kappa shape index (κ3) is 6.29. The molecule has 0 amide bonds. The molecular formula is C65H61BN2OS. The Kier molecular flexibility index (Phi) is 9.22. The molecule has 0 saturated heterocycles. The fraction of sp³-hybridized carbons (Fsp3) is 0.262. The number of anilines is 5. The second-order valence-corrected chi connectivity index (χ2v) is 24.8. The van der Waals surface area contributed by atoms with E-state index in [1.807, 2.05) is 11.8 Å². The third-order valence-electron chi connectivity index (χ3n) is 16.9. The van der Waals surface area contributed by atoms with Crippen LogP contribution in [-0.4, -0.2) is 6.85 Å². The van der Waals surface area contributed by atoms with Gasteiger partial charge in [0.2, 0.25) is 0 Å². The molecule has 0 N–H and O–H groups in total. The van der Waals surface area contributed by atoms with Crippen molar-refractivity contribution >= 4 is 58.0 Å². The van der Waals surface area contributed by atoms with Crippen LogP contribution < -0.4 is 25.4 Å². The standard InChI is InChI=1S/C65H61BN2OS/c1-38-29-46-45-33-48-44(42-21-15-16-22-47(42)65(48,10)11)34-54(45)68(52-26-25-41(62(3,4)5)32-43(52)40-19-13-12-14-20-40)66-51-36-58-60(70-59-24-18-17-23-57(59)69-58)37-55(51)67(56(30-38)61(46)66)53-35-50-49(31-39(53)2)63(6,7)27-28-64(50,8)9/h12-26,29-37H,27-28H2,1-11H3. The van der Waals surface area contributed by atoms with Crippen LogP contribution in [0.3, 0.4) is 0 Å². The predicted molar refractivity (Wildman–Crippen MR) is 297 cm³/mol. The monoisotopic (exact) mass is 928 g/mol. The Labute approximate surface area is 420 Å². The molecule has 0 spiro atoms. The summed E-state index contributed by atoms with van der Waals surface area (Å²) < 4.78 is 7.00. The van der Waals surface area contributed by atoms with Crippen LogP contribution in [0.25, 0.3) is 33.4 Å². The van der Waals surface area contributed by atoms with E-state index < -0.39 is 0 Å². The molecule has 0 saturated carbocycles. The van der Waals surface area contributed by atoms with Crippen LogP contribution >= 0.6 is 11.8 Å². The predicted octanol–water partition coefficient (Wildman–Crippen LogP) is 16.9. The number of benzene rings is 8. The fourth-order valence-electron chi connectivity index (χ4n) is 12.9. The molecule has 0 bridgehead atoms. The van der Waals surface area contributed by atoms with Gasteiger partial charge in [-0.15, -0.1) is 0 Å². The normalized spacial score (nSPS) is 17.0. The molecule has 8 aromatic carbocycles. The lowest BCUT2D eigenvalue weighted by molar-refractivity contribution is 0.332. The minimum Gasteiger partial charge on any atom is -0.455 e. The first kappa shape index (κ1) is 43.6. The van der Waals surface area contributed by atoms with Crippen molar-refractivity contribution < 1.29 is 4.74 Å². The number of aryl methyl sites for hydroxylation is 2. The molecule has 0 fully saturated rings. The van der Waals surface area contributed by atoms with Gasteiger partial charge in [-0.3, -0.25) is 0 Å². The third-order valence-corrected chi connectivity index (χ3v) is 18.0. The van der Waals surface area contributed by atoms with Crippen LogP contribution in [0.2, 0.25) is 0 Å². The lowest BCUT2D eigenvalue weighted by Crippen LogP contribution is -2.61. The minimum atomic E-state index is -0.195. The van der Waals surface area contributed by atoms with E-state index in [4.69, 9.17) is 4.74 Å². The fourth-order valence-corrected chi connectivity index (χ4v) is 13.8. The number of hydrogen-bond donors (Lipinski definition) is 0. The van der Waals surface area contributed by atoms with Crippen LogP contribution in [-0.2, 0) is 21.7 Å². The summed E-state index contributed by atoms with van der Waals surface area (Å²) >= 11 is 1.82. The highest BCUT2D eigenvalue weighted by atomic mass is 32.2. The van der Waals surface area contributed by atoms with Gasteiger partial charge in [-0.1, -0.05) is 159 Å². The second-order valence-electron chi connectivity index (χ2n) is 23.7. The number of nitrogens with zero attached hydrogens (tertiary/aromatic N) is 2. The smallest absolute Gasteiger partial charge is 0.333 e. The van der Waals surface area contributed by atoms with E-state index in [1.54, 1.807) is 0 Å². The Morgan fingerprint density at radius 2 is 1.23 bits per heavy atom. The van der Waals surface area contributed by atoms with Crippen molar-refractivity contribution in [3.8, 4) is 44.9 Å². The summed E-state index contributed by atoms with van der Waals surface area (Å²) in [7, 11) is 0. The maximum Gasteiger partial charge on any atom is 0.333 e. The lowest BCUT2D eigenvalue weighted by Gasteiger charge is -2.48. The van der Waals surface area contributed by atoms with E-state index in [0.29, 0.717) is 0 Å². The highest BCUT2D eigenvalue weighted by molar-refractivity contribution is 7.99. The molecule has 3 nitrogen and oxygen atoms in total. The van der Waals surface area contributed by atoms with Gasteiger partial charge in [0.15, 0.2) is 0 Å². The van der Waals surface area contributed by atoms with E-state index in [1.165, 1.54) is 118 Å². The highest BCUT2D eigenvalue weighted by Crippen LogP contribution is 2.58. The van der Waals surface area contributed by atoms with E-state index >= 15 is 0 Å². The zero-order valence-electron chi connectivity index (χ0n) is 42.6. The maximum atomic E-state index is 7.00. The van der Waals surface area contributed by atoms with Gasteiger partial charge in [-0.05, 0) is 176 Å². The Morgan fingerprint density at radius 1 is 0.514 bits per heavy atom. The molecule has 13 rings (SSSR count). The molecular weight excluding hydrogens is 868 g/mol. The van der Waals surface area contributed by atoms with Gasteiger partial charge in [0.25, 0.3) is 0 Å². The SMILES string of the molecule is Cc1cc2c3c(c1)N(c1cc4c(cc1C)C(C)(C)CCC4(C)C)c1cc4c(cc1B3N(c1ccc(C(C)(C)C)cc1-c1ccccc1)c1cc3c(cc1-2)C(C)(C)c1ccccc1-3)Oc1ccccc1S4. The number of fused-ring (bicyclic) bond motifs is 10. The first-order valence-electron chi connectivity index (χ1n) is 25.4. The zero-order valence-corrected chi connectivity index (χ0v) is 43.4. The van der Waals surface area contributed by atoms with Crippen molar-refractivity contribution in [2.24, 2.45) is 0 Å². The van der Waals surface area contributed by atoms with Crippen LogP contribution in [0, 0.1) is 13.8 Å². The van der Waals surface area contributed by atoms with Gasteiger partial charge in [0.1, 0.15) is 11.5 Å². The Balaban J connectivity index is 1.17. The summed E-state index contributed by atoms with van der Waals surface area (Å²) in [5.74, 6) is 1.82. The molecule has 0 atom stereocenters.